The Morgan fingerprint density at radius 2 is 2.04 bits per heavy atom. The Morgan fingerprint density at radius 1 is 1.31 bits per heavy atom. The lowest BCUT2D eigenvalue weighted by atomic mass is 9.91. The fourth-order valence-corrected chi connectivity index (χ4v) is 3.97. The lowest BCUT2D eigenvalue weighted by Gasteiger charge is -2.31. The number of carbonyl (C=O) groups is 1. The van der Waals surface area contributed by atoms with Gasteiger partial charge in [-0.3, -0.25) is 4.79 Å². The molecule has 2 aromatic rings. The topological polar surface area (TPSA) is 66.6 Å². The van der Waals surface area contributed by atoms with Crippen molar-refractivity contribution in [3.8, 4) is 0 Å². The summed E-state index contributed by atoms with van der Waals surface area (Å²) in [6.07, 6.45) is -2.17. The molecule has 1 N–H and O–H groups in total. The van der Waals surface area contributed by atoms with Crippen LogP contribution in [0.3, 0.4) is 0 Å². The van der Waals surface area contributed by atoms with Crippen molar-refractivity contribution in [1.29, 1.82) is 0 Å². The van der Waals surface area contributed by atoms with Crippen LogP contribution in [-0.4, -0.2) is 40.8 Å². The third kappa shape index (κ3) is 3.18. The number of rotatable bonds is 4. The van der Waals surface area contributed by atoms with E-state index in [9.17, 15) is 18.0 Å². The standard InChI is InChI=1S/C18H19F3N2O3/c19-18(20,21)14-3-1-2-12-15(22-26-16(12)14)10-4-6-23(7-5-10)9-11-8-13(11)17(24)25/h1-3,10-11,13H,4-9H2,(H,24,25)/t11-,13+/m0/s1. The lowest BCUT2D eigenvalue weighted by Crippen LogP contribution is -2.35. The van der Waals surface area contributed by atoms with Gasteiger partial charge in [-0.2, -0.15) is 13.2 Å². The van der Waals surface area contributed by atoms with Crippen LogP contribution >= 0.6 is 0 Å². The highest BCUT2D eigenvalue weighted by Crippen LogP contribution is 2.41. The number of piperidine rings is 1. The molecule has 0 bridgehead atoms. The van der Waals surface area contributed by atoms with Crippen LogP contribution in [-0.2, 0) is 11.0 Å². The molecular weight excluding hydrogens is 349 g/mol. The van der Waals surface area contributed by atoms with Crippen molar-refractivity contribution in [2.24, 2.45) is 11.8 Å². The number of benzene rings is 1. The van der Waals surface area contributed by atoms with Crippen molar-refractivity contribution in [1.82, 2.24) is 10.1 Å². The number of aliphatic carboxylic acids is 1. The molecule has 8 heteroatoms. The summed E-state index contributed by atoms with van der Waals surface area (Å²) in [6.45, 7) is 2.36. The molecule has 2 heterocycles. The molecule has 0 unspecified atom stereocenters. The van der Waals surface area contributed by atoms with E-state index in [4.69, 9.17) is 9.63 Å². The molecule has 0 spiro atoms. The van der Waals surface area contributed by atoms with Crippen LogP contribution in [0.25, 0.3) is 11.0 Å². The zero-order valence-corrected chi connectivity index (χ0v) is 14.0. The van der Waals surface area contributed by atoms with Gasteiger partial charge >= 0.3 is 12.1 Å². The fourth-order valence-electron chi connectivity index (χ4n) is 3.97. The average Bonchev–Trinajstić information content (AvgIpc) is 3.23. The molecule has 26 heavy (non-hydrogen) atoms. The van der Waals surface area contributed by atoms with Crippen molar-refractivity contribution in [2.45, 2.75) is 31.4 Å². The van der Waals surface area contributed by atoms with E-state index in [-0.39, 0.29) is 23.3 Å². The number of hydrogen-bond donors (Lipinski definition) is 1. The number of para-hydroxylation sites is 1. The summed E-state index contributed by atoms with van der Waals surface area (Å²) in [5.74, 6) is -0.649. The summed E-state index contributed by atoms with van der Waals surface area (Å²) >= 11 is 0. The van der Waals surface area contributed by atoms with Crippen LogP contribution in [0.4, 0.5) is 13.2 Å². The summed E-state index contributed by atoms with van der Waals surface area (Å²) in [5.41, 5.74) is -0.389. The number of likely N-dealkylation sites (tertiary alicyclic amines) is 1. The highest BCUT2D eigenvalue weighted by atomic mass is 19.4. The highest BCUT2D eigenvalue weighted by Gasteiger charge is 2.44. The van der Waals surface area contributed by atoms with Crippen molar-refractivity contribution in [2.75, 3.05) is 19.6 Å². The van der Waals surface area contributed by atoms with Gasteiger partial charge in [0.15, 0.2) is 5.58 Å². The molecule has 1 aromatic heterocycles. The first-order valence-corrected chi connectivity index (χ1v) is 8.75. The second-order valence-electron chi connectivity index (χ2n) is 7.26. The Bertz CT molecular complexity index is 825. The van der Waals surface area contributed by atoms with Gasteiger partial charge in [-0.05, 0) is 50.4 Å². The monoisotopic (exact) mass is 368 g/mol. The van der Waals surface area contributed by atoms with E-state index < -0.39 is 17.7 Å². The van der Waals surface area contributed by atoms with Crippen LogP contribution in [0.15, 0.2) is 22.7 Å². The maximum absolute atomic E-state index is 13.1. The first-order valence-electron chi connectivity index (χ1n) is 8.75. The summed E-state index contributed by atoms with van der Waals surface area (Å²) in [4.78, 5) is 13.2. The van der Waals surface area contributed by atoms with Crippen LogP contribution in [0.2, 0.25) is 0 Å². The van der Waals surface area contributed by atoms with Gasteiger partial charge in [0.25, 0.3) is 0 Å². The van der Waals surface area contributed by atoms with E-state index in [2.05, 4.69) is 10.1 Å². The quantitative estimate of drug-likeness (QED) is 0.890. The Kier molecular flexibility index (Phi) is 4.17. The lowest BCUT2D eigenvalue weighted by molar-refractivity contribution is -0.139. The molecule has 5 nitrogen and oxygen atoms in total. The van der Waals surface area contributed by atoms with E-state index in [1.807, 2.05) is 0 Å². The summed E-state index contributed by atoms with van der Waals surface area (Å²) in [6, 6.07) is 4.03. The number of hydrogen-bond acceptors (Lipinski definition) is 4. The van der Waals surface area contributed by atoms with Gasteiger partial charge in [0.05, 0.1) is 11.6 Å². The van der Waals surface area contributed by atoms with E-state index in [0.29, 0.717) is 11.1 Å². The maximum atomic E-state index is 13.1. The Balaban J connectivity index is 1.44. The maximum Gasteiger partial charge on any atom is 0.420 e. The number of halogens is 3. The molecule has 1 aromatic carbocycles. The molecule has 1 aliphatic heterocycles. The van der Waals surface area contributed by atoms with Crippen LogP contribution in [0.1, 0.15) is 36.4 Å². The number of carboxylic acid groups (broad SMARTS) is 1. The third-order valence-corrected chi connectivity index (χ3v) is 5.54. The summed E-state index contributed by atoms with van der Waals surface area (Å²) in [5, 5.41) is 13.4. The highest BCUT2D eigenvalue weighted by molar-refractivity contribution is 5.83. The molecule has 1 saturated heterocycles. The normalized spacial score (nSPS) is 24.9. The zero-order valence-electron chi connectivity index (χ0n) is 14.0. The third-order valence-electron chi connectivity index (χ3n) is 5.54. The fraction of sp³-hybridized carbons (Fsp3) is 0.556. The second kappa shape index (κ2) is 6.26. The number of fused-ring (bicyclic) bond motifs is 1. The van der Waals surface area contributed by atoms with Crippen molar-refractivity contribution < 1.29 is 27.6 Å². The number of aromatic nitrogens is 1. The molecule has 0 radical (unpaired) electrons. The minimum Gasteiger partial charge on any atom is -0.481 e. The summed E-state index contributed by atoms with van der Waals surface area (Å²) in [7, 11) is 0. The van der Waals surface area contributed by atoms with Gasteiger partial charge in [0.2, 0.25) is 0 Å². The SMILES string of the molecule is O=C(O)[C@@H]1C[C@H]1CN1CCC(c2noc3c(C(F)(F)F)cccc23)CC1. The van der Waals surface area contributed by atoms with Crippen molar-refractivity contribution in [3.63, 3.8) is 0 Å². The minimum atomic E-state index is -4.47. The molecular formula is C18H19F3N2O3. The van der Waals surface area contributed by atoms with E-state index in [1.165, 1.54) is 6.07 Å². The molecule has 2 aliphatic rings. The van der Waals surface area contributed by atoms with Gasteiger partial charge in [0, 0.05) is 17.8 Å². The predicted octanol–water partition coefficient (Wildman–Crippen LogP) is 3.75. The van der Waals surface area contributed by atoms with E-state index in [0.717, 1.165) is 45.0 Å². The van der Waals surface area contributed by atoms with Crippen LogP contribution in [0, 0.1) is 11.8 Å². The van der Waals surface area contributed by atoms with E-state index in [1.54, 1.807) is 6.07 Å². The zero-order chi connectivity index (χ0) is 18.5. The van der Waals surface area contributed by atoms with Crippen LogP contribution in [0.5, 0.6) is 0 Å². The number of alkyl halides is 3. The Hall–Kier alpha value is -2.09. The second-order valence-corrected chi connectivity index (χ2v) is 7.26. The average molecular weight is 368 g/mol. The van der Waals surface area contributed by atoms with Gasteiger partial charge in [-0.15, -0.1) is 0 Å². The molecule has 140 valence electrons. The predicted molar refractivity (Wildman–Crippen MR) is 86.7 cm³/mol. The van der Waals surface area contributed by atoms with Crippen molar-refractivity contribution >= 4 is 16.9 Å². The minimum absolute atomic E-state index is 0.0606. The van der Waals surface area contributed by atoms with E-state index >= 15 is 0 Å². The molecule has 1 saturated carbocycles. The van der Waals surface area contributed by atoms with Gasteiger partial charge in [0.1, 0.15) is 5.56 Å². The largest absolute Gasteiger partial charge is 0.481 e. The van der Waals surface area contributed by atoms with Crippen LogP contribution < -0.4 is 0 Å². The Labute approximate surface area is 147 Å². The van der Waals surface area contributed by atoms with Gasteiger partial charge in [-0.25, -0.2) is 0 Å². The van der Waals surface area contributed by atoms with Crippen molar-refractivity contribution in [3.05, 3.63) is 29.5 Å². The first kappa shape index (κ1) is 17.3. The smallest absolute Gasteiger partial charge is 0.420 e. The first-order chi connectivity index (χ1) is 12.3. The van der Waals surface area contributed by atoms with Gasteiger partial charge in [-0.1, -0.05) is 11.2 Å². The Morgan fingerprint density at radius 3 is 2.65 bits per heavy atom. The van der Waals surface area contributed by atoms with Gasteiger partial charge < -0.3 is 14.5 Å². The molecule has 4 rings (SSSR count). The number of nitrogens with zero attached hydrogens (tertiary/aromatic N) is 2. The molecule has 2 fully saturated rings. The molecule has 0 amide bonds. The molecule has 1 aliphatic carbocycles. The molecule has 2 atom stereocenters. The summed E-state index contributed by atoms with van der Waals surface area (Å²) < 4.78 is 44.4. The number of carboxylic acids is 1.